The predicted octanol–water partition coefficient (Wildman–Crippen LogP) is 4.32. The number of halogens is 1. The lowest BCUT2D eigenvalue weighted by Crippen LogP contribution is -2.58. The van der Waals surface area contributed by atoms with Crippen molar-refractivity contribution in [2.75, 3.05) is 7.11 Å². The molecule has 1 aliphatic rings. The van der Waals surface area contributed by atoms with Gasteiger partial charge < -0.3 is 25.2 Å². The molecule has 0 aliphatic heterocycles. The number of carboxylic acids is 1. The van der Waals surface area contributed by atoms with Gasteiger partial charge in [-0.25, -0.2) is 4.79 Å². The zero-order chi connectivity index (χ0) is 25.0. The van der Waals surface area contributed by atoms with Gasteiger partial charge in [0.25, 0.3) is 0 Å². The zero-order valence-electron chi connectivity index (χ0n) is 20.2. The van der Waals surface area contributed by atoms with Crippen molar-refractivity contribution in [2.24, 2.45) is 5.41 Å². The third kappa shape index (κ3) is 6.53. The molecule has 1 aromatic rings. The van der Waals surface area contributed by atoms with E-state index in [4.69, 9.17) is 21.1 Å². The molecule has 0 radical (unpaired) electrons. The number of carbonyl (C=O) groups is 3. The number of ether oxygens (including phenoxy) is 2. The minimum Gasteiger partial charge on any atom is -0.495 e. The van der Waals surface area contributed by atoms with E-state index in [2.05, 4.69) is 10.6 Å². The summed E-state index contributed by atoms with van der Waals surface area (Å²) >= 11 is 6.23. The summed E-state index contributed by atoms with van der Waals surface area (Å²) in [4.78, 5) is 37.9. The molecule has 0 saturated heterocycles. The smallest absolute Gasteiger partial charge is 0.408 e. The van der Waals surface area contributed by atoms with Crippen molar-refractivity contribution in [2.45, 2.75) is 83.9 Å². The quantitative estimate of drug-likeness (QED) is 0.457. The highest BCUT2D eigenvalue weighted by Gasteiger charge is 2.61. The van der Waals surface area contributed by atoms with Crippen LogP contribution in [0.25, 0.3) is 0 Å². The fourth-order valence-electron chi connectivity index (χ4n) is 4.05. The van der Waals surface area contributed by atoms with Crippen LogP contribution in [0.1, 0.15) is 65.9 Å². The Morgan fingerprint density at radius 2 is 1.85 bits per heavy atom. The fourth-order valence-corrected chi connectivity index (χ4v) is 4.33. The second-order valence-corrected chi connectivity index (χ2v) is 10.2. The van der Waals surface area contributed by atoms with Gasteiger partial charge in [0.2, 0.25) is 5.91 Å². The van der Waals surface area contributed by atoms with Crippen LogP contribution in [0.2, 0.25) is 5.02 Å². The monoisotopic (exact) mass is 482 g/mol. The highest BCUT2D eigenvalue weighted by atomic mass is 35.5. The maximum Gasteiger partial charge on any atom is 0.408 e. The number of hydrogen-bond acceptors (Lipinski definition) is 5. The highest BCUT2D eigenvalue weighted by molar-refractivity contribution is 6.32. The van der Waals surface area contributed by atoms with Gasteiger partial charge in [-0.15, -0.1) is 0 Å². The van der Waals surface area contributed by atoms with Gasteiger partial charge >= 0.3 is 12.1 Å². The fraction of sp³-hybridized carbons (Fsp3) is 0.625. The summed E-state index contributed by atoms with van der Waals surface area (Å²) in [7, 11) is 1.51. The van der Waals surface area contributed by atoms with Crippen molar-refractivity contribution in [1.29, 1.82) is 0 Å². The van der Waals surface area contributed by atoms with E-state index in [0.717, 1.165) is 0 Å². The molecule has 8 nitrogen and oxygen atoms in total. The van der Waals surface area contributed by atoms with E-state index in [1.807, 2.05) is 6.92 Å². The number of methoxy groups -OCH3 is 1. The minimum atomic E-state index is -1.10. The maximum atomic E-state index is 13.4. The normalized spacial score (nSPS) is 17.3. The van der Waals surface area contributed by atoms with Crippen LogP contribution in [0.15, 0.2) is 18.2 Å². The van der Waals surface area contributed by atoms with Gasteiger partial charge in [0.05, 0.1) is 23.1 Å². The molecule has 2 atom stereocenters. The Morgan fingerprint density at radius 3 is 2.30 bits per heavy atom. The van der Waals surface area contributed by atoms with Gasteiger partial charge in [0.1, 0.15) is 17.4 Å². The maximum absolute atomic E-state index is 13.4. The van der Waals surface area contributed by atoms with Crippen LogP contribution >= 0.6 is 11.6 Å². The third-order valence-electron chi connectivity index (χ3n) is 6.05. The average molecular weight is 483 g/mol. The predicted molar refractivity (Wildman–Crippen MR) is 126 cm³/mol. The van der Waals surface area contributed by atoms with E-state index < -0.39 is 40.6 Å². The number of benzene rings is 1. The number of alkyl carbamates (subject to hydrolysis) is 1. The van der Waals surface area contributed by atoms with Gasteiger partial charge in [0, 0.05) is 6.42 Å². The Hall–Kier alpha value is -2.48. The Bertz CT molecular complexity index is 893. The van der Waals surface area contributed by atoms with Crippen LogP contribution in [0.4, 0.5) is 4.79 Å². The number of hydrogen-bond donors (Lipinski definition) is 3. The van der Waals surface area contributed by atoms with E-state index in [9.17, 15) is 19.5 Å². The molecule has 1 unspecified atom stereocenters. The lowest BCUT2D eigenvalue weighted by atomic mass is 9.75. The summed E-state index contributed by atoms with van der Waals surface area (Å²) in [5, 5.41) is 15.9. The molecule has 0 spiro atoms. The molecule has 0 aromatic heterocycles. The summed E-state index contributed by atoms with van der Waals surface area (Å²) in [5.41, 5.74) is -1.99. The number of nitrogens with one attached hydrogen (secondary N) is 2. The first kappa shape index (κ1) is 26.8. The van der Waals surface area contributed by atoms with Crippen molar-refractivity contribution < 1.29 is 29.0 Å². The molecule has 0 bridgehead atoms. The standard InChI is InChI=1S/C24H35ClN2O6/c1-7-10-23(5,20(29)30)24(11-12-24)27-19(28)17(26-21(31)33-22(2,3)4)14-15-8-9-18(32-6)16(25)13-15/h8-9,13,17H,7,10-12,14H2,1-6H3,(H,26,31)(H,27,28)(H,29,30)/t17-,23?/m1/s1. The molecule has 3 N–H and O–H groups in total. The molecule has 9 heteroatoms. The first-order valence-corrected chi connectivity index (χ1v) is 11.5. The number of rotatable bonds is 10. The Kier molecular flexibility index (Phi) is 8.27. The summed E-state index contributed by atoms with van der Waals surface area (Å²) in [5.74, 6) is -0.912. The molecular weight excluding hydrogens is 448 g/mol. The summed E-state index contributed by atoms with van der Waals surface area (Å²) in [6.45, 7) is 8.78. The van der Waals surface area contributed by atoms with Crippen molar-refractivity contribution in [3.8, 4) is 5.75 Å². The number of aliphatic carboxylic acids is 1. The van der Waals surface area contributed by atoms with Crippen LogP contribution in [-0.2, 0) is 20.7 Å². The first-order valence-electron chi connectivity index (χ1n) is 11.1. The molecule has 2 rings (SSSR count). The number of amides is 2. The Labute approximate surface area is 200 Å². The lowest BCUT2D eigenvalue weighted by molar-refractivity contribution is -0.151. The van der Waals surface area contributed by atoms with E-state index >= 15 is 0 Å². The minimum absolute atomic E-state index is 0.141. The second kappa shape index (κ2) is 10.2. The van der Waals surface area contributed by atoms with Crippen LogP contribution in [0.3, 0.4) is 0 Å². The van der Waals surface area contributed by atoms with Gasteiger partial charge in [-0.1, -0.05) is 31.0 Å². The highest BCUT2D eigenvalue weighted by Crippen LogP contribution is 2.52. The number of carbonyl (C=O) groups excluding carboxylic acids is 2. The molecule has 1 aliphatic carbocycles. The van der Waals surface area contributed by atoms with E-state index in [1.165, 1.54) is 7.11 Å². The third-order valence-corrected chi connectivity index (χ3v) is 6.35. The van der Waals surface area contributed by atoms with Crippen LogP contribution in [0, 0.1) is 5.41 Å². The second-order valence-electron chi connectivity index (χ2n) is 9.83. The molecule has 2 amide bonds. The van der Waals surface area contributed by atoms with E-state index in [1.54, 1.807) is 45.9 Å². The zero-order valence-corrected chi connectivity index (χ0v) is 21.0. The van der Waals surface area contributed by atoms with Crippen LogP contribution < -0.4 is 15.4 Å². The summed E-state index contributed by atoms with van der Waals surface area (Å²) in [6, 6.07) is 4.13. The molecule has 1 saturated carbocycles. The molecule has 1 fully saturated rings. The van der Waals surface area contributed by atoms with Gasteiger partial charge in [0.15, 0.2) is 0 Å². The SMILES string of the molecule is CCCC(C)(C(=O)O)C1(NC(=O)[C@@H](Cc2ccc(OC)c(Cl)c2)NC(=O)OC(C)(C)C)CC1. The van der Waals surface area contributed by atoms with E-state index in [-0.39, 0.29) is 6.42 Å². The number of carboxylic acid groups (broad SMARTS) is 1. The lowest BCUT2D eigenvalue weighted by Gasteiger charge is -2.36. The van der Waals surface area contributed by atoms with Crippen molar-refractivity contribution in [3.05, 3.63) is 28.8 Å². The largest absolute Gasteiger partial charge is 0.495 e. The summed E-state index contributed by atoms with van der Waals surface area (Å²) < 4.78 is 10.5. The Balaban J connectivity index is 2.28. The average Bonchev–Trinajstić information content (AvgIpc) is 3.47. The molecule has 1 aromatic carbocycles. The van der Waals surface area contributed by atoms with Crippen LogP contribution in [-0.4, -0.2) is 47.4 Å². The van der Waals surface area contributed by atoms with Crippen molar-refractivity contribution >= 4 is 29.6 Å². The topological polar surface area (TPSA) is 114 Å². The van der Waals surface area contributed by atoms with Gasteiger partial charge in [-0.05, 0) is 64.7 Å². The molecule has 33 heavy (non-hydrogen) atoms. The van der Waals surface area contributed by atoms with E-state index in [0.29, 0.717) is 42.0 Å². The van der Waals surface area contributed by atoms with Crippen LogP contribution in [0.5, 0.6) is 5.75 Å². The molecule has 0 heterocycles. The molecule has 184 valence electrons. The van der Waals surface area contributed by atoms with Crippen molar-refractivity contribution in [1.82, 2.24) is 10.6 Å². The van der Waals surface area contributed by atoms with Gasteiger partial charge in [-0.3, -0.25) is 9.59 Å². The molecular formula is C24H35ClN2O6. The van der Waals surface area contributed by atoms with Gasteiger partial charge in [-0.2, -0.15) is 0 Å². The first-order chi connectivity index (χ1) is 15.3. The Morgan fingerprint density at radius 1 is 1.21 bits per heavy atom. The van der Waals surface area contributed by atoms with Crippen molar-refractivity contribution in [3.63, 3.8) is 0 Å². The summed E-state index contributed by atoms with van der Waals surface area (Å²) in [6.07, 6.45) is 1.64.